The zero-order valence-corrected chi connectivity index (χ0v) is 32.0. The molecule has 0 aromatic heterocycles. The number of hydrogen-bond donors (Lipinski definition) is 3. The molecule has 0 aliphatic carbocycles. The Balaban J connectivity index is 0. The lowest BCUT2D eigenvalue weighted by atomic mass is 10.3. The first-order valence-electron chi connectivity index (χ1n) is 7.92. The summed E-state index contributed by atoms with van der Waals surface area (Å²) >= 11 is 30.1. The van der Waals surface area contributed by atoms with Crippen molar-refractivity contribution >= 4 is 173 Å². The highest BCUT2D eigenvalue weighted by atomic mass is 79.9. The molecule has 186 valence electrons. The molecule has 16 heteroatoms. The number of nitrogen functional groups attached to an aromatic ring is 2. The van der Waals surface area contributed by atoms with Gasteiger partial charge in [-0.3, -0.25) is 5.84 Å². The third kappa shape index (κ3) is 12.4. The summed E-state index contributed by atoms with van der Waals surface area (Å²) in [7, 11) is 0. The smallest absolute Gasteiger partial charge is 0.387 e. The second-order valence-electron chi connectivity index (χ2n) is 5.52. The van der Waals surface area contributed by atoms with E-state index in [1.165, 1.54) is 0 Å². The molecule has 0 heterocycles. The third-order valence-corrected chi connectivity index (χ3v) is 12.7. The summed E-state index contributed by atoms with van der Waals surface area (Å²) in [6, 6.07) is 10.9. The van der Waals surface area contributed by atoms with Gasteiger partial charge in [-0.05, 0) is 168 Å². The lowest BCUT2D eigenvalue weighted by molar-refractivity contribution is -0.00000585. The molecule has 3 rings (SSSR count). The largest absolute Gasteiger partial charge is 1.00 e. The zero-order chi connectivity index (χ0) is 24.6. The zero-order valence-electron chi connectivity index (χ0n) is 16.2. The van der Waals surface area contributed by atoms with Crippen LogP contribution in [0.5, 0.6) is 0 Å². The van der Waals surface area contributed by atoms with Crippen molar-refractivity contribution in [2.45, 2.75) is 0 Å². The highest BCUT2D eigenvalue weighted by molar-refractivity contribution is 9.15. The van der Waals surface area contributed by atoms with Crippen LogP contribution in [0.1, 0.15) is 0 Å². The highest BCUT2D eigenvalue weighted by Gasteiger charge is 2.11. The predicted octanol–water partition coefficient (Wildman–Crippen LogP) is 8.70. The van der Waals surface area contributed by atoms with Gasteiger partial charge in [-0.25, -0.2) is 0 Å². The normalized spacial score (nSPS) is 9.09. The Morgan fingerprint density at radius 2 is 0.912 bits per heavy atom. The van der Waals surface area contributed by atoms with Gasteiger partial charge in [0.05, 0.1) is 5.69 Å². The molecule has 3 aromatic rings. The number of benzene rings is 3. The van der Waals surface area contributed by atoms with Gasteiger partial charge in [0.25, 0.3) is 0 Å². The number of hydrazine groups is 1. The number of rotatable bonds is 1. The first-order chi connectivity index (χ1) is 14.9. The predicted molar refractivity (Wildman–Crippen MR) is 173 cm³/mol. The average molecular weight is 1090 g/mol. The summed E-state index contributed by atoms with van der Waals surface area (Å²) in [5.41, 5.74) is 10.2. The van der Waals surface area contributed by atoms with E-state index < -0.39 is 0 Å². The van der Waals surface area contributed by atoms with Gasteiger partial charge in [0.15, 0.2) is 4.98 Å². The first kappa shape index (κ1) is 37.7. The Morgan fingerprint density at radius 1 is 0.618 bits per heavy atom. The molecule has 0 spiro atoms. The van der Waals surface area contributed by atoms with Crippen LogP contribution in [0.15, 0.2) is 76.7 Å². The number of hydrogen-bond acceptors (Lipinski definition) is 4. The SMILES string of the molecule is Cl.N#[N+]c1cc(Br)c(Br)c(Br)c1.NNc1cc(Br)c(Br)c(Br)c1.Nc1cc(Br)c(Br)c(Br)c1.[Cl-]. The molecule has 34 heavy (non-hydrogen) atoms. The maximum Gasteiger partial charge on any atom is 0.387 e. The number of anilines is 2. The van der Waals surface area contributed by atoms with Crippen LogP contribution in [0.25, 0.3) is 4.98 Å². The minimum absolute atomic E-state index is 0. The summed E-state index contributed by atoms with van der Waals surface area (Å²) in [5.74, 6) is 5.23. The first-order valence-corrected chi connectivity index (χ1v) is 15.1. The highest BCUT2D eigenvalue weighted by Crippen LogP contribution is 2.35. The molecule has 5 nitrogen and oxygen atoms in total. The van der Waals surface area contributed by atoms with Crippen LogP contribution >= 0.6 is 156 Å². The van der Waals surface area contributed by atoms with Crippen molar-refractivity contribution in [3.8, 4) is 0 Å². The molecule has 0 aliphatic rings. The van der Waals surface area contributed by atoms with Gasteiger partial charge >= 0.3 is 5.69 Å². The van der Waals surface area contributed by atoms with Crippen LogP contribution in [-0.4, -0.2) is 0 Å². The van der Waals surface area contributed by atoms with Crippen molar-refractivity contribution in [3.63, 3.8) is 0 Å². The Hall–Kier alpha value is 1.54. The second kappa shape index (κ2) is 18.7. The Labute approximate surface area is 285 Å². The lowest BCUT2D eigenvalue weighted by Crippen LogP contribution is -3.00. The Bertz CT molecular complexity index is 1090. The third-order valence-electron chi connectivity index (χ3n) is 3.24. The minimum atomic E-state index is 0. The second-order valence-corrected chi connectivity index (χ2v) is 13.0. The van der Waals surface area contributed by atoms with Gasteiger partial charge in [0.1, 0.15) is 0 Å². The fraction of sp³-hybridized carbons (Fsp3) is 0. The molecular weight excluding hydrogens is 1080 g/mol. The number of nitrogens with one attached hydrogen (secondary N) is 1. The van der Waals surface area contributed by atoms with Crippen molar-refractivity contribution in [1.82, 2.24) is 0 Å². The molecular formula is C18H12Br9Cl2N5. The van der Waals surface area contributed by atoms with Gasteiger partial charge in [-0.1, -0.05) is 0 Å². The summed E-state index contributed by atoms with van der Waals surface area (Å²) in [6.07, 6.45) is 0. The number of nitrogens with two attached hydrogens (primary N) is 2. The molecule has 0 radical (unpaired) electrons. The molecule has 0 amide bonds. The molecule has 0 atom stereocenters. The van der Waals surface area contributed by atoms with E-state index in [0.717, 1.165) is 51.6 Å². The van der Waals surface area contributed by atoms with Gasteiger partial charge in [-0.2, -0.15) is 0 Å². The molecule has 0 aliphatic heterocycles. The Kier molecular flexibility index (Phi) is 20.8. The Morgan fingerprint density at radius 3 is 1.21 bits per heavy atom. The molecule has 0 saturated heterocycles. The molecule has 0 unspecified atom stereocenters. The summed E-state index contributed by atoms with van der Waals surface area (Å²) < 4.78 is 8.40. The average Bonchev–Trinajstić information content (AvgIpc) is 2.74. The van der Waals surface area contributed by atoms with Crippen molar-refractivity contribution in [1.29, 1.82) is 5.39 Å². The number of nitrogens with zero attached hydrogens (tertiary/aromatic N) is 2. The maximum absolute atomic E-state index is 8.45. The van der Waals surface area contributed by atoms with Crippen LogP contribution < -0.4 is 29.4 Å². The van der Waals surface area contributed by atoms with Crippen molar-refractivity contribution in [2.24, 2.45) is 5.84 Å². The van der Waals surface area contributed by atoms with E-state index in [9.17, 15) is 0 Å². The monoisotopic (exact) mass is 1080 g/mol. The van der Waals surface area contributed by atoms with E-state index in [-0.39, 0.29) is 24.8 Å². The summed E-state index contributed by atoms with van der Waals surface area (Å²) in [6.45, 7) is 0. The lowest BCUT2D eigenvalue weighted by Gasteiger charge is -2.04. The van der Waals surface area contributed by atoms with E-state index in [1.54, 1.807) is 12.1 Å². The van der Waals surface area contributed by atoms with E-state index in [0.29, 0.717) is 5.69 Å². The maximum atomic E-state index is 8.45. The van der Waals surface area contributed by atoms with Crippen LogP contribution in [0.2, 0.25) is 0 Å². The van der Waals surface area contributed by atoms with Gasteiger partial charge in [0.2, 0.25) is 5.39 Å². The molecule has 0 fully saturated rings. The van der Waals surface area contributed by atoms with Gasteiger partial charge in [-0.15, -0.1) is 12.4 Å². The van der Waals surface area contributed by atoms with E-state index >= 15 is 0 Å². The van der Waals surface area contributed by atoms with Crippen LogP contribution in [-0.2, 0) is 0 Å². The van der Waals surface area contributed by atoms with Crippen LogP contribution in [0.3, 0.4) is 0 Å². The minimum Gasteiger partial charge on any atom is -1.00 e. The number of diazo groups is 1. The molecule has 0 bridgehead atoms. The fourth-order valence-corrected chi connectivity index (χ4v) is 6.07. The summed E-state index contributed by atoms with van der Waals surface area (Å²) in [5, 5.41) is 8.45. The van der Waals surface area contributed by atoms with Crippen molar-refractivity contribution in [3.05, 3.63) is 81.6 Å². The fourth-order valence-electron chi connectivity index (χ4n) is 1.81. The van der Waals surface area contributed by atoms with Crippen LogP contribution in [0, 0.1) is 5.39 Å². The quantitative estimate of drug-likeness (QED) is 0.0749. The van der Waals surface area contributed by atoms with Crippen LogP contribution in [0.4, 0.5) is 17.1 Å². The van der Waals surface area contributed by atoms with Gasteiger partial charge in [0, 0.05) is 58.1 Å². The number of halogens is 11. The van der Waals surface area contributed by atoms with E-state index in [1.807, 2.05) is 24.3 Å². The summed E-state index contributed by atoms with van der Waals surface area (Å²) in [4.78, 5) is 3.05. The van der Waals surface area contributed by atoms with E-state index in [4.69, 9.17) is 17.0 Å². The molecule has 3 aromatic carbocycles. The van der Waals surface area contributed by atoms with Gasteiger partial charge < -0.3 is 23.6 Å². The van der Waals surface area contributed by atoms with Crippen molar-refractivity contribution < 1.29 is 12.4 Å². The van der Waals surface area contributed by atoms with E-state index in [2.05, 4.69) is 154 Å². The molecule has 5 N–H and O–H groups in total. The topological polar surface area (TPSA) is 92.2 Å². The van der Waals surface area contributed by atoms with Crippen molar-refractivity contribution in [2.75, 3.05) is 11.2 Å². The molecule has 0 saturated carbocycles. The standard InChI is InChI=1S/C6H5Br3N2.C6H2Br3N2.C6H4Br3N.2ClH/c2*7-4-1-3(11-10)2-5(8)6(4)9;7-4-1-3(10)2-5(8)6(4)9;;/h1-2,11H,10H2;1-2H;1-2H,10H2;2*1H/q;+1;;;/p-1.